The molecule has 0 unspecified atom stereocenters. The number of hydrogen-bond donors (Lipinski definition) is 1. The minimum Gasteiger partial charge on any atom is -0.350 e. The highest BCUT2D eigenvalue weighted by molar-refractivity contribution is 5.91. The van der Waals surface area contributed by atoms with Crippen LogP contribution < -0.4 is 5.32 Å². The molecule has 0 saturated carbocycles. The number of amides is 1. The first-order valence-electron chi connectivity index (χ1n) is 6.56. The number of carbonyl (C=O) groups excluding carboxylic acids is 1. The molecule has 2 aromatic rings. The van der Waals surface area contributed by atoms with E-state index < -0.39 is 0 Å². The Bertz CT molecular complexity index is 587. The molecule has 0 fully saturated rings. The third-order valence-electron chi connectivity index (χ3n) is 2.58. The number of hydrogen-bond acceptors (Lipinski definition) is 3. The molecule has 0 spiro atoms. The monoisotopic (exact) mass is 270 g/mol. The molecule has 5 nitrogen and oxygen atoms in total. The number of aromatic nitrogens is 3. The van der Waals surface area contributed by atoms with Gasteiger partial charge < -0.3 is 5.32 Å². The van der Waals surface area contributed by atoms with Crippen molar-refractivity contribution in [2.75, 3.05) is 0 Å². The lowest BCUT2D eigenvalue weighted by Gasteiger charge is -2.03. The summed E-state index contributed by atoms with van der Waals surface area (Å²) in [5, 5.41) is 10.8. The molecule has 5 heteroatoms. The van der Waals surface area contributed by atoms with Crippen LogP contribution in [0.4, 0.5) is 0 Å². The molecule has 0 aliphatic heterocycles. The van der Waals surface area contributed by atoms with E-state index in [9.17, 15) is 4.79 Å². The van der Waals surface area contributed by atoms with E-state index in [0.717, 1.165) is 5.56 Å². The maximum absolute atomic E-state index is 11.5. The van der Waals surface area contributed by atoms with Gasteiger partial charge in [0.15, 0.2) is 0 Å². The number of carbonyl (C=O) groups is 1. The molecule has 0 atom stereocenters. The predicted molar refractivity (Wildman–Crippen MR) is 77.9 cm³/mol. The van der Waals surface area contributed by atoms with E-state index in [1.165, 1.54) is 6.08 Å². The highest BCUT2D eigenvalue weighted by Gasteiger charge is 2.01. The van der Waals surface area contributed by atoms with Crippen molar-refractivity contribution in [3.63, 3.8) is 0 Å². The third kappa shape index (κ3) is 4.35. The van der Waals surface area contributed by atoms with E-state index in [1.807, 2.05) is 50.4 Å². The van der Waals surface area contributed by atoms with Gasteiger partial charge in [0.25, 0.3) is 0 Å². The number of nitrogens with zero attached hydrogens (tertiary/aromatic N) is 3. The molecule has 20 heavy (non-hydrogen) atoms. The Kier molecular flexibility index (Phi) is 4.65. The Morgan fingerprint density at radius 3 is 2.80 bits per heavy atom. The molecular weight excluding hydrogens is 252 g/mol. The van der Waals surface area contributed by atoms with Crippen LogP contribution >= 0.6 is 0 Å². The Morgan fingerprint density at radius 1 is 1.35 bits per heavy atom. The van der Waals surface area contributed by atoms with E-state index in [4.69, 9.17) is 0 Å². The summed E-state index contributed by atoms with van der Waals surface area (Å²) in [7, 11) is 0. The first-order chi connectivity index (χ1) is 9.63. The van der Waals surface area contributed by atoms with Crippen LogP contribution in [0.15, 0.2) is 42.6 Å². The normalized spacial score (nSPS) is 11.2. The van der Waals surface area contributed by atoms with Gasteiger partial charge in [-0.25, -0.2) is 4.68 Å². The van der Waals surface area contributed by atoms with Crippen LogP contribution in [0.5, 0.6) is 0 Å². The van der Waals surface area contributed by atoms with Gasteiger partial charge in [-0.3, -0.25) is 4.79 Å². The van der Waals surface area contributed by atoms with Crippen molar-refractivity contribution in [2.45, 2.75) is 26.4 Å². The van der Waals surface area contributed by atoms with Gasteiger partial charge in [0, 0.05) is 12.1 Å². The lowest BCUT2D eigenvalue weighted by Crippen LogP contribution is -2.28. The van der Waals surface area contributed by atoms with E-state index in [-0.39, 0.29) is 11.9 Å². The van der Waals surface area contributed by atoms with Crippen molar-refractivity contribution in [1.29, 1.82) is 0 Å². The summed E-state index contributed by atoms with van der Waals surface area (Å²) in [6.07, 6.45) is 4.94. The highest BCUT2D eigenvalue weighted by Crippen LogP contribution is 2.03. The van der Waals surface area contributed by atoms with Crippen LogP contribution in [0.3, 0.4) is 0 Å². The van der Waals surface area contributed by atoms with Gasteiger partial charge >= 0.3 is 0 Å². The van der Waals surface area contributed by atoms with Crippen molar-refractivity contribution in [2.24, 2.45) is 0 Å². The van der Waals surface area contributed by atoms with Crippen LogP contribution in [-0.2, 0) is 11.3 Å². The second-order valence-electron chi connectivity index (χ2n) is 4.82. The predicted octanol–water partition coefficient (Wildman–Crippen LogP) is 1.86. The first kappa shape index (κ1) is 14.0. The number of benzene rings is 1. The average Bonchev–Trinajstić information content (AvgIpc) is 2.84. The quantitative estimate of drug-likeness (QED) is 0.844. The standard InChI is InChI=1S/C15H18N4O/c1-12(2)16-15(20)9-8-14-11-19(18-17-14)10-13-6-4-3-5-7-13/h3-9,11-12H,10H2,1-2H3,(H,16,20)/b9-8+. The van der Waals surface area contributed by atoms with Gasteiger partial charge in [0.2, 0.25) is 5.91 Å². The van der Waals surface area contributed by atoms with E-state index in [1.54, 1.807) is 10.8 Å². The summed E-state index contributed by atoms with van der Waals surface area (Å²) in [5.74, 6) is -0.127. The van der Waals surface area contributed by atoms with Gasteiger partial charge in [-0.2, -0.15) is 0 Å². The van der Waals surface area contributed by atoms with Gasteiger partial charge in [-0.1, -0.05) is 35.5 Å². The SMILES string of the molecule is CC(C)NC(=O)/C=C/c1cn(Cc2ccccc2)nn1. The summed E-state index contributed by atoms with van der Waals surface area (Å²) >= 11 is 0. The Labute approximate surface area is 118 Å². The minimum absolute atomic E-state index is 0.126. The fourth-order valence-corrected chi connectivity index (χ4v) is 1.73. The highest BCUT2D eigenvalue weighted by atomic mass is 16.1. The smallest absolute Gasteiger partial charge is 0.244 e. The van der Waals surface area contributed by atoms with Gasteiger partial charge in [0.05, 0.1) is 12.7 Å². The molecule has 0 aliphatic rings. The second-order valence-corrected chi connectivity index (χ2v) is 4.82. The lowest BCUT2D eigenvalue weighted by molar-refractivity contribution is -0.116. The second kappa shape index (κ2) is 6.65. The summed E-state index contributed by atoms with van der Waals surface area (Å²) in [5.41, 5.74) is 1.82. The van der Waals surface area contributed by atoms with E-state index in [2.05, 4.69) is 15.6 Å². The van der Waals surface area contributed by atoms with Crippen LogP contribution in [0, 0.1) is 0 Å². The zero-order valence-electron chi connectivity index (χ0n) is 11.7. The average molecular weight is 270 g/mol. The summed E-state index contributed by atoms with van der Waals surface area (Å²) in [6.45, 7) is 4.50. The van der Waals surface area contributed by atoms with Gasteiger partial charge in [-0.15, -0.1) is 5.10 Å². The van der Waals surface area contributed by atoms with E-state index in [0.29, 0.717) is 12.2 Å². The van der Waals surface area contributed by atoms with Gasteiger partial charge in [0.1, 0.15) is 5.69 Å². The molecule has 0 saturated heterocycles. The maximum atomic E-state index is 11.5. The summed E-state index contributed by atoms with van der Waals surface area (Å²) in [4.78, 5) is 11.5. The maximum Gasteiger partial charge on any atom is 0.244 e. The zero-order chi connectivity index (χ0) is 14.4. The molecule has 1 amide bonds. The van der Waals surface area contributed by atoms with Crippen LogP contribution in [0.2, 0.25) is 0 Å². The minimum atomic E-state index is -0.127. The number of nitrogens with one attached hydrogen (secondary N) is 1. The third-order valence-corrected chi connectivity index (χ3v) is 2.58. The Hall–Kier alpha value is -2.43. The molecule has 2 rings (SSSR count). The first-order valence-corrected chi connectivity index (χ1v) is 6.56. The fraction of sp³-hybridized carbons (Fsp3) is 0.267. The molecule has 0 radical (unpaired) electrons. The summed E-state index contributed by atoms with van der Waals surface area (Å²) < 4.78 is 1.75. The Balaban J connectivity index is 1.95. The molecule has 1 heterocycles. The van der Waals surface area contributed by atoms with E-state index >= 15 is 0 Å². The molecule has 0 aliphatic carbocycles. The molecule has 1 aromatic heterocycles. The Morgan fingerprint density at radius 2 is 2.10 bits per heavy atom. The lowest BCUT2D eigenvalue weighted by atomic mass is 10.2. The largest absolute Gasteiger partial charge is 0.350 e. The van der Waals surface area contributed by atoms with Crippen molar-refractivity contribution >= 4 is 12.0 Å². The van der Waals surface area contributed by atoms with Crippen LogP contribution in [0.25, 0.3) is 6.08 Å². The topological polar surface area (TPSA) is 59.8 Å². The van der Waals surface area contributed by atoms with Crippen LogP contribution in [-0.4, -0.2) is 26.9 Å². The zero-order valence-corrected chi connectivity index (χ0v) is 11.7. The van der Waals surface area contributed by atoms with Crippen molar-refractivity contribution in [1.82, 2.24) is 20.3 Å². The van der Waals surface area contributed by atoms with Crippen LogP contribution in [0.1, 0.15) is 25.1 Å². The summed E-state index contributed by atoms with van der Waals surface area (Å²) in [6, 6.07) is 10.2. The molecule has 1 N–H and O–H groups in total. The number of rotatable bonds is 5. The molecule has 104 valence electrons. The van der Waals surface area contributed by atoms with Crippen molar-refractivity contribution in [3.8, 4) is 0 Å². The van der Waals surface area contributed by atoms with Crippen molar-refractivity contribution in [3.05, 3.63) is 53.9 Å². The van der Waals surface area contributed by atoms with Gasteiger partial charge in [-0.05, 0) is 25.5 Å². The van der Waals surface area contributed by atoms with Crippen molar-refractivity contribution < 1.29 is 4.79 Å². The molecular formula is C15H18N4O. The molecule has 0 bridgehead atoms. The molecule has 1 aromatic carbocycles. The fourth-order valence-electron chi connectivity index (χ4n) is 1.73.